The van der Waals surface area contributed by atoms with Gasteiger partial charge < -0.3 is 10.2 Å². The highest BCUT2D eigenvalue weighted by Gasteiger charge is 2.31. The number of likely N-dealkylation sites (tertiary alicyclic amines) is 1. The number of hydrogen-bond donors (Lipinski definition) is 1. The first-order valence-corrected chi connectivity index (χ1v) is 7.73. The van der Waals surface area contributed by atoms with E-state index in [0.717, 1.165) is 45.3 Å². The van der Waals surface area contributed by atoms with Crippen molar-refractivity contribution in [2.24, 2.45) is 0 Å². The van der Waals surface area contributed by atoms with E-state index in [1.807, 2.05) is 13.8 Å². The maximum absolute atomic E-state index is 12.2. The monoisotopic (exact) mass is 262 g/mol. The van der Waals surface area contributed by atoms with Crippen molar-refractivity contribution in [3.63, 3.8) is 0 Å². The molecule has 0 atom stereocenters. The fourth-order valence-corrected chi connectivity index (χ4v) is 3.12. The van der Waals surface area contributed by atoms with Crippen molar-refractivity contribution in [3.8, 4) is 0 Å². The van der Waals surface area contributed by atoms with Gasteiger partial charge in [-0.1, -0.05) is 26.0 Å². The number of nitrogens with one attached hydrogen (secondary N) is 1. The minimum absolute atomic E-state index is 0.335. The number of amides is 1. The largest absolute Gasteiger partial charge is 0.335 e. The molecule has 1 amide bonds. The molecule has 0 bridgehead atoms. The van der Waals surface area contributed by atoms with Crippen LogP contribution in [0.3, 0.4) is 0 Å². The van der Waals surface area contributed by atoms with Crippen molar-refractivity contribution in [3.05, 3.63) is 23.3 Å². The second kappa shape index (κ2) is 6.90. The van der Waals surface area contributed by atoms with E-state index in [9.17, 15) is 4.79 Å². The van der Waals surface area contributed by atoms with Crippen LogP contribution >= 0.6 is 0 Å². The predicted octanol–water partition coefficient (Wildman–Crippen LogP) is 2.64. The van der Waals surface area contributed by atoms with Crippen molar-refractivity contribution in [1.82, 2.24) is 10.2 Å². The molecule has 106 valence electrons. The molecular formula is C16H26N2O. The van der Waals surface area contributed by atoms with E-state index in [2.05, 4.69) is 22.4 Å². The van der Waals surface area contributed by atoms with Gasteiger partial charge in [-0.25, -0.2) is 0 Å². The van der Waals surface area contributed by atoms with E-state index in [1.54, 1.807) is 0 Å². The highest BCUT2D eigenvalue weighted by molar-refractivity contribution is 5.83. The van der Waals surface area contributed by atoms with Crippen LogP contribution in [-0.2, 0) is 4.79 Å². The summed E-state index contributed by atoms with van der Waals surface area (Å²) < 4.78 is 0. The Morgan fingerprint density at radius 1 is 1.11 bits per heavy atom. The minimum atomic E-state index is 0.335. The zero-order valence-corrected chi connectivity index (χ0v) is 12.2. The Bertz CT molecular complexity index is 378. The molecule has 0 aromatic carbocycles. The summed E-state index contributed by atoms with van der Waals surface area (Å²) in [5, 5.41) is 3.36. The van der Waals surface area contributed by atoms with Crippen molar-refractivity contribution in [2.45, 2.75) is 52.0 Å². The van der Waals surface area contributed by atoms with Gasteiger partial charge in [0.25, 0.3) is 0 Å². The maximum Gasteiger partial charge on any atom is 0.227 e. The van der Waals surface area contributed by atoms with E-state index in [0.29, 0.717) is 18.4 Å². The molecule has 1 aliphatic carbocycles. The third kappa shape index (κ3) is 3.27. The smallest absolute Gasteiger partial charge is 0.227 e. The molecule has 0 saturated carbocycles. The van der Waals surface area contributed by atoms with Gasteiger partial charge >= 0.3 is 0 Å². The van der Waals surface area contributed by atoms with Gasteiger partial charge in [0, 0.05) is 12.6 Å². The zero-order valence-electron chi connectivity index (χ0n) is 12.2. The normalized spacial score (nSPS) is 23.9. The third-order valence-corrected chi connectivity index (χ3v) is 4.11. The fraction of sp³-hybridized carbons (Fsp3) is 0.688. The molecule has 0 aromatic heterocycles. The highest BCUT2D eigenvalue weighted by atomic mass is 16.2. The van der Waals surface area contributed by atoms with Crippen molar-refractivity contribution in [1.29, 1.82) is 0 Å². The Hall–Kier alpha value is -1.09. The summed E-state index contributed by atoms with van der Waals surface area (Å²) >= 11 is 0. The lowest BCUT2D eigenvalue weighted by molar-refractivity contribution is -0.133. The van der Waals surface area contributed by atoms with Gasteiger partial charge in [-0.2, -0.15) is 0 Å². The molecular weight excluding hydrogens is 236 g/mol. The lowest BCUT2D eigenvalue weighted by atomic mass is 9.89. The first-order chi connectivity index (χ1) is 9.34. The summed E-state index contributed by atoms with van der Waals surface area (Å²) in [7, 11) is 0. The average molecular weight is 262 g/mol. The van der Waals surface area contributed by atoms with Crippen molar-refractivity contribution >= 4 is 5.91 Å². The molecule has 2 saturated heterocycles. The van der Waals surface area contributed by atoms with Gasteiger partial charge in [-0.3, -0.25) is 4.79 Å². The molecule has 3 rings (SSSR count). The van der Waals surface area contributed by atoms with Crippen LogP contribution in [0, 0.1) is 0 Å². The minimum Gasteiger partial charge on any atom is -0.335 e. The second-order valence-corrected chi connectivity index (χ2v) is 5.22. The van der Waals surface area contributed by atoms with Gasteiger partial charge in [-0.15, -0.1) is 0 Å². The Balaban J connectivity index is 0.000000637. The maximum atomic E-state index is 12.2. The molecule has 3 aliphatic rings. The van der Waals surface area contributed by atoms with Gasteiger partial charge in [0.15, 0.2) is 0 Å². The number of rotatable bonds is 1. The number of carbonyl (C=O) groups excluding carboxylic acids is 1. The average Bonchev–Trinajstić information content (AvgIpc) is 2.49. The van der Waals surface area contributed by atoms with E-state index in [1.165, 1.54) is 11.1 Å². The zero-order chi connectivity index (χ0) is 13.7. The number of allylic oxidation sites excluding steroid dienone is 2. The first-order valence-electron chi connectivity index (χ1n) is 7.73. The Labute approximate surface area is 116 Å². The SMILES string of the molecule is CC.O=C1CC2=CCCC=C2CN1C1CCNCC1. The lowest BCUT2D eigenvalue weighted by Crippen LogP contribution is -2.49. The Morgan fingerprint density at radius 3 is 2.42 bits per heavy atom. The summed E-state index contributed by atoms with van der Waals surface area (Å²) in [6.45, 7) is 6.96. The number of hydrogen-bond acceptors (Lipinski definition) is 2. The number of piperidine rings is 2. The van der Waals surface area contributed by atoms with E-state index in [-0.39, 0.29) is 0 Å². The van der Waals surface area contributed by atoms with Crippen LogP contribution in [0.4, 0.5) is 0 Å². The van der Waals surface area contributed by atoms with Crippen LogP contribution < -0.4 is 5.32 Å². The van der Waals surface area contributed by atoms with Crippen molar-refractivity contribution < 1.29 is 4.79 Å². The molecule has 0 unspecified atom stereocenters. The van der Waals surface area contributed by atoms with Crippen molar-refractivity contribution in [2.75, 3.05) is 19.6 Å². The molecule has 0 aromatic rings. The number of fused-ring (bicyclic) bond motifs is 1. The van der Waals surface area contributed by atoms with E-state index < -0.39 is 0 Å². The Kier molecular flexibility index (Phi) is 5.20. The molecule has 0 radical (unpaired) electrons. The number of carbonyl (C=O) groups is 1. The summed E-state index contributed by atoms with van der Waals surface area (Å²) in [5.41, 5.74) is 2.71. The highest BCUT2D eigenvalue weighted by Crippen LogP contribution is 2.30. The van der Waals surface area contributed by atoms with Gasteiger partial charge in [0.05, 0.1) is 6.42 Å². The summed E-state index contributed by atoms with van der Waals surface area (Å²) in [6.07, 6.45) is 9.70. The second-order valence-electron chi connectivity index (χ2n) is 5.22. The molecule has 2 aliphatic heterocycles. The standard InChI is InChI=1S/C14H20N2O.C2H6/c17-14-9-11-3-1-2-4-12(11)10-16(14)13-5-7-15-8-6-13;1-2/h3-4,13,15H,1-2,5-10H2;1-2H3. The molecule has 19 heavy (non-hydrogen) atoms. The molecule has 3 nitrogen and oxygen atoms in total. The van der Waals surface area contributed by atoms with Crippen LogP contribution in [0.25, 0.3) is 0 Å². The summed E-state index contributed by atoms with van der Waals surface area (Å²) in [6, 6.07) is 0.466. The van der Waals surface area contributed by atoms with E-state index >= 15 is 0 Å². The third-order valence-electron chi connectivity index (χ3n) is 4.11. The van der Waals surface area contributed by atoms with Gasteiger partial charge in [-0.05, 0) is 49.9 Å². The van der Waals surface area contributed by atoms with Gasteiger partial charge in [0.1, 0.15) is 0 Å². The lowest BCUT2D eigenvalue weighted by Gasteiger charge is -2.39. The molecule has 0 spiro atoms. The quantitative estimate of drug-likeness (QED) is 0.788. The number of nitrogens with zero attached hydrogens (tertiary/aromatic N) is 1. The fourth-order valence-electron chi connectivity index (χ4n) is 3.12. The summed E-state index contributed by atoms with van der Waals surface area (Å²) in [5.74, 6) is 0.335. The molecule has 2 fully saturated rings. The van der Waals surface area contributed by atoms with Crippen LogP contribution in [0.2, 0.25) is 0 Å². The van der Waals surface area contributed by atoms with Crippen LogP contribution in [0.5, 0.6) is 0 Å². The molecule has 3 heteroatoms. The first kappa shape index (κ1) is 14.3. The van der Waals surface area contributed by atoms with Crippen LogP contribution in [-0.4, -0.2) is 36.5 Å². The molecule has 2 heterocycles. The van der Waals surface area contributed by atoms with E-state index in [4.69, 9.17) is 0 Å². The summed E-state index contributed by atoms with van der Waals surface area (Å²) in [4.78, 5) is 14.3. The Morgan fingerprint density at radius 2 is 1.74 bits per heavy atom. The van der Waals surface area contributed by atoms with Crippen LogP contribution in [0.1, 0.15) is 46.0 Å². The topological polar surface area (TPSA) is 32.3 Å². The van der Waals surface area contributed by atoms with Gasteiger partial charge in [0.2, 0.25) is 5.91 Å². The van der Waals surface area contributed by atoms with Crippen LogP contribution in [0.15, 0.2) is 23.3 Å². The predicted molar refractivity (Wildman–Crippen MR) is 79.0 cm³/mol. The molecule has 1 N–H and O–H groups in total.